The third kappa shape index (κ3) is 43.8. The molecule has 0 saturated carbocycles. The summed E-state index contributed by atoms with van der Waals surface area (Å²) in [5, 5.41) is 0. The molecular formula is C74H124N2. The van der Waals surface area contributed by atoms with Crippen molar-refractivity contribution < 1.29 is 0 Å². The Hall–Kier alpha value is -3.10. The van der Waals surface area contributed by atoms with E-state index in [1.54, 1.807) is 0 Å². The Bertz CT molecular complexity index is 1720. The first-order valence-electron chi connectivity index (χ1n) is 34.0. The second kappa shape index (κ2) is 55.2. The minimum Gasteiger partial charge on any atom is -0.252 e. The number of aliphatic imine (C=N–C) groups is 2. The van der Waals surface area contributed by atoms with E-state index in [0.717, 1.165) is 78.9 Å². The molecule has 0 radical (unpaired) electrons. The van der Waals surface area contributed by atoms with Crippen LogP contribution in [0.1, 0.15) is 373 Å². The van der Waals surface area contributed by atoms with Gasteiger partial charge in [0.1, 0.15) is 0 Å². The van der Waals surface area contributed by atoms with Gasteiger partial charge >= 0.3 is 0 Å². The highest BCUT2D eigenvalue weighted by Crippen LogP contribution is 2.22. The Morgan fingerprint density at radius 3 is 0.711 bits per heavy atom. The van der Waals surface area contributed by atoms with Crippen LogP contribution < -0.4 is 0 Å². The van der Waals surface area contributed by atoms with Gasteiger partial charge in [-0.2, -0.15) is 0 Å². The van der Waals surface area contributed by atoms with E-state index in [1.807, 2.05) is 0 Å². The van der Waals surface area contributed by atoms with Gasteiger partial charge in [0.25, 0.3) is 0 Å². The zero-order valence-corrected chi connectivity index (χ0v) is 51.3. The molecular weight excluding hydrogens is 917 g/mol. The van der Waals surface area contributed by atoms with Gasteiger partial charge in [-0.1, -0.05) is 334 Å². The molecule has 0 saturated heterocycles. The molecule has 0 atom stereocenters. The molecule has 0 aliphatic rings. The molecule has 76 heavy (non-hydrogen) atoms. The van der Waals surface area contributed by atoms with Gasteiger partial charge < -0.3 is 0 Å². The number of hydrogen-bond donors (Lipinski definition) is 0. The van der Waals surface area contributed by atoms with Gasteiger partial charge in [-0.05, 0) is 87.1 Å². The fourth-order valence-electron chi connectivity index (χ4n) is 10.8. The average Bonchev–Trinajstić information content (AvgIpc) is 3.44. The molecule has 2 nitrogen and oxygen atoms in total. The molecule has 2 aromatic rings. The van der Waals surface area contributed by atoms with Crippen LogP contribution in [0, 0.1) is 23.7 Å². The zero-order valence-electron chi connectivity index (χ0n) is 51.3. The number of nitrogens with zero attached hydrogens (tertiary/aromatic N) is 2. The highest BCUT2D eigenvalue weighted by atomic mass is 14.8. The van der Waals surface area contributed by atoms with E-state index in [0.29, 0.717) is 0 Å². The van der Waals surface area contributed by atoms with Crippen LogP contribution in [0.2, 0.25) is 0 Å². The normalized spacial score (nSPS) is 11.7. The molecule has 2 rings (SSSR count). The molecule has 0 bridgehead atoms. The van der Waals surface area contributed by atoms with Crippen molar-refractivity contribution >= 4 is 22.8 Å². The summed E-state index contributed by atoms with van der Waals surface area (Å²) in [6.45, 7) is 9.19. The van der Waals surface area contributed by atoms with Crippen molar-refractivity contribution in [3.05, 3.63) is 59.7 Å². The fraction of sp³-hybridized carbons (Fsp3) is 0.757. The molecule has 0 N–H and O–H groups in total. The molecule has 0 unspecified atom stereocenters. The van der Waals surface area contributed by atoms with Crippen LogP contribution in [0.4, 0.5) is 11.4 Å². The molecule has 0 aliphatic carbocycles. The van der Waals surface area contributed by atoms with Crippen LogP contribution in [0.3, 0.4) is 0 Å². The van der Waals surface area contributed by atoms with Crippen molar-refractivity contribution in [2.45, 2.75) is 362 Å². The summed E-state index contributed by atoms with van der Waals surface area (Å²) in [7, 11) is 0. The van der Waals surface area contributed by atoms with Crippen LogP contribution in [0.15, 0.2) is 58.5 Å². The van der Waals surface area contributed by atoms with Crippen LogP contribution >= 0.6 is 0 Å². The average molecular weight is 1040 g/mol. The first kappa shape index (κ1) is 69.0. The van der Waals surface area contributed by atoms with Gasteiger partial charge in [0, 0.05) is 24.0 Å². The van der Waals surface area contributed by atoms with Gasteiger partial charge in [-0.3, -0.25) is 9.98 Å². The summed E-state index contributed by atoms with van der Waals surface area (Å²) < 4.78 is 0. The van der Waals surface area contributed by atoms with Gasteiger partial charge in [-0.25, -0.2) is 0 Å². The monoisotopic (exact) mass is 1040 g/mol. The lowest BCUT2D eigenvalue weighted by Gasteiger charge is -2.12. The van der Waals surface area contributed by atoms with Crippen LogP contribution in [-0.4, -0.2) is 11.4 Å². The van der Waals surface area contributed by atoms with Crippen LogP contribution in [-0.2, 0) is 0 Å². The highest BCUT2D eigenvalue weighted by Gasteiger charge is 2.11. The van der Waals surface area contributed by atoms with Gasteiger partial charge in [0.2, 0.25) is 0 Å². The van der Waals surface area contributed by atoms with E-state index in [9.17, 15) is 0 Å². The lowest BCUT2D eigenvalue weighted by molar-refractivity contribution is 0.522. The lowest BCUT2D eigenvalue weighted by atomic mass is 10.0. The topological polar surface area (TPSA) is 24.7 Å². The predicted octanol–water partition coefficient (Wildman–Crippen LogP) is 25.6. The summed E-state index contributed by atoms with van der Waals surface area (Å²) in [6, 6.07) is 17.3. The maximum absolute atomic E-state index is 5.33. The van der Waals surface area contributed by atoms with E-state index in [1.165, 1.54) is 289 Å². The number of unbranched alkanes of at least 4 members (excludes halogenated alkanes) is 46. The standard InChI is InChI=1S/C74H124N2/c1-5-9-13-16-19-21-23-25-27-29-31-33-35-37-39-41-43-45-47-49-51-54-57-69-61-65-71(66-62-69)75-73(59-12-8-4)74(60-56-53-18-15-11-7-3)76-72-67-63-70(64-68-72)58-55-52-50-48-46-44-42-40-38-36-34-32-30-28-26-24-22-20-17-14-10-6-2/h61-68H,5-53,56,59-60H2,1-4H3. The van der Waals surface area contributed by atoms with E-state index >= 15 is 0 Å². The van der Waals surface area contributed by atoms with Crippen molar-refractivity contribution in [2.24, 2.45) is 9.98 Å². The molecule has 0 amide bonds. The summed E-state index contributed by atoms with van der Waals surface area (Å²) >= 11 is 0. The second-order valence-electron chi connectivity index (χ2n) is 23.4. The quantitative estimate of drug-likeness (QED) is 0.0358. The molecule has 2 heteroatoms. The first-order chi connectivity index (χ1) is 37.7. The van der Waals surface area contributed by atoms with Crippen molar-refractivity contribution in [1.82, 2.24) is 0 Å². The number of hydrogen-bond acceptors (Lipinski definition) is 2. The SMILES string of the molecule is CCCCCCCCCCCCCCCCCCCCCCC#Cc1ccc(N=C(CCCC)C(CCCCCCCC)=Nc2ccc(C#CCCCCCCCCCCCCCCCCCCCCCC)cc2)cc1. The third-order valence-corrected chi connectivity index (χ3v) is 15.9. The molecule has 0 aliphatic heterocycles. The fourth-order valence-corrected chi connectivity index (χ4v) is 10.8. The van der Waals surface area contributed by atoms with Crippen LogP contribution in [0.5, 0.6) is 0 Å². The lowest BCUT2D eigenvalue weighted by Crippen LogP contribution is -2.14. The number of benzene rings is 2. The van der Waals surface area contributed by atoms with E-state index < -0.39 is 0 Å². The van der Waals surface area contributed by atoms with Crippen molar-refractivity contribution in [3.8, 4) is 23.7 Å². The minimum atomic E-state index is 0.954. The Morgan fingerprint density at radius 2 is 0.461 bits per heavy atom. The van der Waals surface area contributed by atoms with Gasteiger partial charge in [0.15, 0.2) is 0 Å². The summed E-state index contributed by atoms with van der Waals surface area (Å²) in [5.41, 5.74) is 6.50. The Balaban J connectivity index is 1.71. The summed E-state index contributed by atoms with van der Waals surface area (Å²) in [5.74, 6) is 13.8. The predicted molar refractivity (Wildman–Crippen MR) is 344 cm³/mol. The van der Waals surface area contributed by atoms with E-state index in [2.05, 4.69) is 99.9 Å². The number of rotatable bonds is 53. The highest BCUT2D eigenvalue weighted by molar-refractivity contribution is 6.43. The Morgan fingerprint density at radius 1 is 0.250 bits per heavy atom. The molecule has 430 valence electrons. The largest absolute Gasteiger partial charge is 0.252 e. The Kier molecular flexibility index (Phi) is 50.1. The van der Waals surface area contributed by atoms with Crippen molar-refractivity contribution in [3.63, 3.8) is 0 Å². The van der Waals surface area contributed by atoms with Gasteiger partial charge in [0.05, 0.1) is 22.8 Å². The summed E-state index contributed by atoms with van der Waals surface area (Å²) in [6.07, 6.45) is 70.6. The smallest absolute Gasteiger partial charge is 0.0634 e. The first-order valence-corrected chi connectivity index (χ1v) is 34.0. The third-order valence-electron chi connectivity index (χ3n) is 15.9. The molecule has 0 spiro atoms. The molecule has 0 aromatic heterocycles. The van der Waals surface area contributed by atoms with E-state index in [-0.39, 0.29) is 0 Å². The van der Waals surface area contributed by atoms with E-state index in [4.69, 9.17) is 9.98 Å². The Labute approximate surface area is 475 Å². The van der Waals surface area contributed by atoms with Crippen molar-refractivity contribution in [1.29, 1.82) is 0 Å². The molecule has 0 fully saturated rings. The minimum absolute atomic E-state index is 0.954. The second-order valence-corrected chi connectivity index (χ2v) is 23.4. The molecule has 2 aromatic carbocycles. The maximum Gasteiger partial charge on any atom is 0.0634 e. The maximum atomic E-state index is 5.33. The van der Waals surface area contributed by atoms with Crippen molar-refractivity contribution in [2.75, 3.05) is 0 Å². The van der Waals surface area contributed by atoms with Gasteiger partial charge in [-0.15, -0.1) is 0 Å². The summed E-state index contributed by atoms with van der Waals surface area (Å²) in [4.78, 5) is 10.6. The zero-order chi connectivity index (χ0) is 54.1. The van der Waals surface area contributed by atoms with Crippen LogP contribution in [0.25, 0.3) is 0 Å². The molecule has 0 heterocycles.